The van der Waals surface area contributed by atoms with Crippen LogP contribution in [0.4, 0.5) is 5.69 Å². The average Bonchev–Trinajstić information content (AvgIpc) is 3.05. The zero-order chi connectivity index (χ0) is 16.2. The van der Waals surface area contributed by atoms with E-state index in [4.69, 9.17) is 16.0 Å². The molecule has 3 nitrogen and oxygen atoms in total. The molecular weight excluding hydrogens is 310 g/mol. The largest absolute Gasteiger partial charge is 0.451 e. The second kappa shape index (κ2) is 6.71. The number of carbonyl (C=O) groups is 1. The van der Waals surface area contributed by atoms with Gasteiger partial charge in [-0.2, -0.15) is 0 Å². The number of hydrogen-bond donors (Lipinski definition) is 1. The maximum absolute atomic E-state index is 12.4. The van der Waals surface area contributed by atoms with Crippen molar-refractivity contribution >= 4 is 23.2 Å². The minimum absolute atomic E-state index is 0.265. The number of benzene rings is 2. The first kappa shape index (κ1) is 15.4. The molecule has 0 fully saturated rings. The predicted molar refractivity (Wildman–Crippen MR) is 92.9 cm³/mol. The van der Waals surface area contributed by atoms with E-state index in [9.17, 15) is 4.79 Å². The predicted octanol–water partition coefficient (Wildman–Crippen LogP) is 5.41. The van der Waals surface area contributed by atoms with Gasteiger partial charge in [-0.1, -0.05) is 48.9 Å². The number of anilines is 1. The highest BCUT2D eigenvalue weighted by Gasteiger charge is 2.13. The Kier molecular flexibility index (Phi) is 4.49. The Morgan fingerprint density at radius 1 is 1.09 bits per heavy atom. The Bertz CT molecular complexity index is 839. The molecule has 0 saturated heterocycles. The molecule has 1 N–H and O–H groups in total. The topological polar surface area (TPSA) is 42.2 Å². The molecule has 0 radical (unpaired) electrons. The van der Waals surface area contributed by atoms with E-state index in [0.717, 1.165) is 23.2 Å². The number of rotatable bonds is 4. The maximum Gasteiger partial charge on any atom is 0.291 e. The Morgan fingerprint density at radius 3 is 2.70 bits per heavy atom. The zero-order valence-electron chi connectivity index (χ0n) is 12.7. The number of carbonyl (C=O) groups excluding carboxylic acids is 1. The van der Waals surface area contributed by atoms with E-state index < -0.39 is 0 Å². The highest BCUT2D eigenvalue weighted by atomic mass is 35.5. The SMILES string of the molecule is CCc1ccccc1NC(=O)c1ccc(-c2cccc(Cl)c2)o1. The Labute approximate surface area is 139 Å². The number of nitrogens with one attached hydrogen (secondary N) is 1. The monoisotopic (exact) mass is 325 g/mol. The smallest absolute Gasteiger partial charge is 0.291 e. The fourth-order valence-electron chi connectivity index (χ4n) is 2.39. The van der Waals surface area contributed by atoms with Crippen LogP contribution in [0.3, 0.4) is 0 Å². The van der Waals surface area contributed by atoms with Crippen molar-refractivity contribution in [3.63, 3.8) is 0 Å². The van der Waals surface area contributed by atoms with E-state index in [0.29, 0.717) is 10.8 Å². The fourth-order valence-corrected chi connectivity index (χ4v) is 2.58. The van der Waals surface area contributed by atoms with Crippen molar-refractivity contribution in [1.82, 2.24) is 0 Å². The summed E-state index contributed by atoms with van der Waals surface area (Å²) in [5, 5.41) is 3.52. The van der Waals surface area contributed by atoms with E-state index in [1.165, 1.54) is 0 Å². The average molecular weight is 326 g/mol. The molecule has 0 spiro atoms. The van der Waals surface area contributed by atoms with Gasteiger partial charge in [0.2, 0.25) is 0 Å². The first-order valence-electron chi connectivity index (χ1n) is 7.42. The molecule has 23 heavy (non-hydrogen) atoms. The molecule has 0 aliphatic rings. The molecule has 3 aromatic rings. The van der Waals surface area contributed by atoms with Gasteiger partial charge in [-0.05, 0) is 42.3 Å². The van der Waals surface area contributed by atoms with E-state index in [2.05, 4.69) is 12.2 Å². The van der Waals surface area contributed by atoms with Crippen LogP contribution in [0.2, 0.25) is 5.02 Å². The van der Waals surface area contributed by atoms with Crippen molar-refractivity contribution in [2.75, 3.05) is 5.32 Å². The zero-order valence-corrected chi connectivity index (χ0v) is 13.4. The lowest BCUT2D eigenvalue weighted by molar-refractivity contribution is 0.0997. The first-order valence-corrected chi connectivity index (χ1v) is 7.80. The number of para-hydroxylation sites is 1. The standard InChI is InChI=1S/C19H16ClNO2/c1-2-13-6-3-4-9-16(13)21-19(22)18-11-10-17(23-18)14-7-5-8-15(20)12-14/h3-12H,2H2,1H3,(H,21,22). The molecule has 2 aromatic carbocycles. The summed E-state index contributed by atoms with van der Waals surface area (Å²) >= 11 is 5.98. The minimum Gasteiger partial charge on any atom is -0.451 e. The van der Waals surface area contributed by atoms with Gasteiger partial charge in [0.05, 0.1) is 0 Å². The van der Waals surface area contributed by atoms with Gasteiger partial charge >= 0.3 is 0 Å². The lowest BCUT2D eigenvalue weighted by Gasteiger charge is -2.08. The van der Waals surface area contributed by atoms with Gasteiger partial charge in [0.15, 0.2) is 5.76 Å². The van der Waals surface area contributed by atoms with Crippen LogP contribution in [0.1, 0.15) is 23.0 Å². The van der Waals surface area contributed by atoms with Gasteiger partial charge in [-0.3, -0.25) is 4.79 Å². The molecule has 3 rings (SSSR count). The van der Waals surface area contributed by atoms with E-state index in [-0.39, 0.29) is 11.7 Å². The lowest BCUT2D eigenvalue weighted by atomic mass is 10.1. The van der Waals surface area contributed by atoms with Crippen LogP contribution in [0.5, 0.6) is 0 Å². The number of hydrogen-bond acceptors (Lipinski definition) is 2. The molecule has 0 saturated carbocycles. The molecule has 1 aromatic heterocycles. The highest BCUT2D eigenvalue weighted by Crippen LogP contribution is 2.25. The molecule has 0 aliphatic heterocycles. The summed E-state index contributed by atoms with van der Waals surface area (Å²) in [5.74, 6) is 0.617. The molecule has 0 atom stereocenters. The minimum atomic E-state index is -0.265. The van der Waals surface area contributed by atoms with Crippen molar-refractivity contribution in [2.45, 2.75) is 13.3 Å². The third-order valence-corrected chi connectivity index (χ3v) is 3.82. The quantitative estimate of drug-likeness (QED) is 0.696. The molecule has 1 heterocycles. The Balaban J connectivity index is 1.81. The molecule has 0 aliphatic carbocycles. The summed E-state index contributed by atoms with van der Waals surface area (Å²) in [6.07, 6.45) is 0.850. The van der Waals surface area contributed by atoms with Gasteiger partial charge in [-0.15, -0.1) is 0 Å². The van der Waals surface area contributed by atoms with E-state index >= 15 is 0 Å². The summed E-state index contributed by atoms with van der Waals surface area (Å²) in [5.41, 5.74) is 2.73. The Morgan fingerprint density at radius 2 is 1.91 bits per heavy atom. The van der Waals surface area contributed by atoms with Gasteiger partial charge in [0, 0.05) is 16.3 Å². The second-order valence-electron chi connectivity index (χ2n) is 5.14. The van der Waals surface area contributed by atoms with E-state index in [1.54, 1.807) is 24.3 Å². The number of aryl methyl sites for hydroxylation is 1. The molecule has 0 bridgehead atoms. The van der Waals surface area contributed by atoms with Crippen LogP contribution < -0.4 is 5.32 Å². The number of furan rings is 1. The van der Waals surface area contributed by atoms with Crippen LogP contribution in [0.25, 0.3) is 11.3 Å². The maximum atomic E-state index is 12.4. The Hall–Kier alpha value is -2.52. The van der Waals surface area contributed by atoms with Crippen LogP contribution in [0.15, 0.2) is 65.1 Å². The van der Waals surface area contributed by atoms with Crippen LogP contribution in [0, 0.1) is 0 Å². The van der Waals surface area contributed by atoms with Gasteiger partial charge in [0.1, 0.15) is 5.76 Å². The molecule has 0 unspecified atom stereocenters. The van der Waals surface area contributed by atoms with E-state index in [1.807, 2.05) is 36.4 Å². The summed E-state index contributed by atoms with van der Waals surface area (Å²) in [6, 6.07) is 18.5. The number of amides is 1. The third kappa shape index (κ3) is 3.46. The third-order valence-electron chi connectivity index (χ3n) is 3.59. The van der Waals surface area contributed by atoms with Crippen molar-refractivity contribution in [1.29, 1.82) is 0 Å². The molecular formula is C19H16ClNO2. The number of halogens is 1. The molecule has 1 amide bonds. The second-order valence-corrected chi connectivity index (χ2v) is 5.58. The first-order chi connectivity index (χ1) is 11.2. The van der Waals surface area contributed by atoms with Crippen molar-refractivity contribution in [3.8, 4) is 11.3 Å². The molecule has 4 heteroatoms. The summed E-state index contributed by atoms with van der Waals surface area (Å²) in [4.78, 5) is 12.4. The van der Waals surface area contributed by atoms with Crippen molar-refractivity contribution in [3.05, 3.63) is 77.0 Å². The highest BCUT2D eigenvalue weighted by molar-refractivity contribution is 6.30. The normalized spacial score (nSPS) is 10.5. The van der Waals surface area contributed by atoms with Crippen molar-refractivity contribution in [2.24, 2.45) is 0 Å². The van der Waals surface area contributed by atoms with Crippen molar-refractivity contribution < 1.29 is 9.21 Å². The summed E-state index contributed by atoms with van der Waals surface area (Å²) in [6.45, 7) is 2.05. The lowest BCUT2D eigenvalue weighted by Crippen LogP contribution is -2.12. The van der Waals surface area contributed by atoms with Gasteiger partial charge in [0.25, 0.3) is 5.91 Å². The van der Waals surface area contributed by atoms with Crippen LogP contribution in [-0.2, 0) is 6.42 Å². The van der Waals surface area contributed by atoms with Gasteiger partial charge < -0.3 is 9.73 Å². The van der Waals surface area contributed by atoms with Gasteiger partial charge in [-0.25, -0.2) is 0 Å². The fraction of sp³-hybridized carbons (Fsp3) is 0.105. The molecule has 116 valence electrons. The summed E-state index contributed by atoms with van der Waals surface area (Å²) in [7, 11) is 0. The van der Waals surface area contributed by atoms with Crippen LogP contribution in [-0.4, -0.2) is 5.91 Å². The summed E-state index contributed by atoms with van der Waals surface area (Å²) < 4.78 is 5.66. The van der Waals surface area contributed by atoms with Crippen LogP contribution >= 0.6 is 11.6 Å².